The van der Waals surface area contributed by atoms with E-state index in [9.17, 15) is 4.79 Å². The van der Waals surface area contributed by atoms with Gasteiger partial charge in [0.15, 0.2) is 0 Å². The number of anilines is 1. The molecule has 0 fully saturated rings. The number of aromatic nitrogens is 2. The lowest BCUT2D eigenvalue weighted by Crippen LogP contribution is -2.12. The third-order valence-corrected chi connectivity index (χ3v) is 3.08. The number of methoxy groups -OCH3 is 1. The molecule has 0 aliphatic rings. The maximum atomic E-state index is 11.0. The topological polar surface area (TPSA) is 73.3 Å². The number of nitrogens with zero attached hydrogens (tertiary/aromatic N) is 2. The minimum Gasteiger partial charge on any atom is -0.490 e. The van der Waals surface area contributed by atoms with Gasteiger partial charge in [-0.15, -0.1) is 0 Å². The fourth-order valence-corrected chi connectivity index (χ4v) is 1.83. The van der Waals surface area contributed by atoms with Crippen LogP contribution in [0.2, 0.25) is 5.02 Å². The fourth-order valence-electron chi connectivity index (χ4n) is 1.64. The van der Waals surface area contributed by atoms with Crippen molar-refractivity contribution in [1.82, 2.24) is 9.97 Å². The monoisotopic (exact) mass is 333 g/mol. The van der Waals surface area contributed by atoms with Gasteiger partial charge in [0.2, 0.25) is 0 Å². The zero-order valence-corrected chi connectivity index (χ0v) is 13.3. The summed E-state index contributed by atoms with van der Waals surface area (Å²) in [6, 6.07) is 7.29. The molecule has 1 heterocycles. The van der Waals surface area contributed by atoms with E-state index in [2.05, 4.69) is 20.0 Å². The van der Waals surface area contributed by atoms with Crippen LogP contribution in [0.4, 0.5) is 5.82 Å². The van der Waals surface area contributed by atoms with Gasteiger partial charge in [-0.2, -0.15) is 0 Å². The highest BCUT2D eigenvalue weighted by Crippen LogP contribution is 2.22. The molecule has 0 saturated heterocycles. The summed E-state index contributed by atoms with van der Waals surface area (Å²) in [5, 5.41) is 3.66. The Morgan fingerprint density at radius 2 is 2.13 bits per heavy atom. The van der Waals surface area contributed by atoms with E-state index in [1.807, 2.05) is 18.2 Å². The number of esters is 1. The average molecular weight is 334 g/mol. The predicted molar refractivity (Wildman–Crippen MR) is 88.5 cm³/mol. The van der Waals surface area contributed by atoms with Crippen molar-refractivity contribution in [3.05, 3.63) is 53.5 Å². The van der Waals surface area contributed by atoms with Crippen molar-refractivity contribution in [1.29, 1.82) is 0 Å². The zero-order chi connectivity index (χ0) is 16.5. The molecule has 0 saturated carbocycles. The molecule has 2 rings (SSSR count). The third-order valence-electron chi connectivity index (χ3n) is 2.77. The van der Waals surface area contributed by atoms with Gasteiger partial charge in [-0.3, -0.25) is 4.98 Å². The summed E-state index contributed by atoms with van der Waals surface area (Å²) in [5.41, 5.74) is 0.563. The molecule has 120 valence electrons. The largest absolute Gasteiger partial charge is 0.490 e. The van der Waals surface area contributed by atoms with E-state index >= 15 is 0 Å². The fraction of sp³-hybridized carbons (Fsp3) is 0.188. The molecule has 0 atom stereocenters. The Labute approximate surface area is 139 Å². The molecule has 0 radical (unpaired) electrons. The summed E-state index contributed by atoms with van der Waals surface area (Å²) in [6.07, 6.45) is 5.95. The minimum atomic E-state index is -0.439. The van der Waals surface area contributed by atoms with E-state index in [1.54, 1.807) is 18.5 Å². The Morgan fingerprint density at radius 3 is 2.83 bits per heavy atom. The Bertz CT molecular complexity index is 675. The lowest BCUT2D eigenvalue weighted by atomic mass is 10.3. The molecule has 0 unspecified atom stereocenters. The SMILES string of the molecule is COC(=O)C=Cc1cnc(NCCOc2ccccc2Cl)cn1. The van der Waals surface area contributed by atoms with E-state index in [0.29, 0.717) is 35.4 Å². The number of carbonyl (C=O) groups is 1. The van der Waals surface area contributed by atoms with Crippen molar-refractivity contribution in [3.63, 3.8) is 0 Å². The molecule has 6 nitrogen and oxygen atoms in total. The number of hydrogen-bond donors (Lipinski definition) is 1. The van der Waals surface area contributed by atoms with E-state index < -0.39 is 5.97 Å². The molecule has 23 heavy (non-hydrogen) atoms. The van der Waals surface area contributed by atoms with E-state index in [0.717, 1.165) is 0 Å². The van der Waals surface area contributed by atoms with Crippen LogP contribution in [0.5, 0.6) is 5.75 Å². The van der Waals surface area contributed by atoms with Crippen LogP contribution in [-0.2, 0) is 9.53 Å². The second-order valence-corrected chi connectivity index (χ2v) is 4.80. The molecule has 1 aromatic heterocycles. The van der Waals surface area contributed by atoms with Crippen molar-refractivity contribution in [3.8, 4) is 5.75 Å². The summed E-state index contributed by atoms with van der Waals surface area (Å²) in [7, 11) is 1.32. The van der Waals surface area contributed by atoms with Crippen LogP contribution < -0.4 is 10.1 Å². The molecule has 0 bridgehead atoms. The van der Waals surface area contributed by atoms with Crippen molar-refractivity contribution >= 4 is 29.5 Å². The smallest absolute Gasteiger partial charge is 0.330 e. The first-order valence-corrected chi connectivity index (χ1v) is 7.26. The standard InChI is InChI=1S/C16H16ClN3O3/c1-22-16(21)7-6-12-10-20-15(11-19-12)18-8-9-23-14-5-3-2-4-13(14)17/h2-7,10-11H,8-9H2,1H3,(H,18,20). The van der Waals surface area contributed by atoms with Gasteiger partial charge in [0.25, 0.3) is 0 Å². The second kappa shape index (κ2) is 8.75. The van der Waals surface area contributed by atoms with Gasteiger partial charge >= 0.3 is 5.97 Å². The summed E-state index contributed by atoms with van der Waals surface area (Å²) in [5.74, 6) is 0.819. The first kappa shape index (κ1) is 16.8. The molecule has 2 aromatic rings. The Balaban J connectivity index is 1.77. The van der Waals surface area contributed by atoms with Gasteiger partial charge in [-0.1, -0.05) is 23.7 Å². The Morgan fingerprint density at radius 1 is 1.30 bits per heavy atom. The highest BCUT2D eigenvalue weighted by atomic mass is 35.5. The number of hydrogen-bond acceptors (Lipinski definition) is 6. The number of rotatable bonds is 7. The Kier molecular flexibility index (Phi) is 6.38. The molecule has 0 aliphatic heterocycles. The lowest BCUT2D eigenvalue weighted by Gasteiger charge is -2.09. The van der Waals surface area contributed by atoms with Crippen LogP contribution in [0.25, 0.3) is 6.08 Å². The van der Waals surface area contributed by atoms with Crippen molar-refractivity contribution in [2.75, 3.05) is 25.6 Å². The van der Waals surface area contributed by atoms with E-state index in [4.69, 9.17) is 16.3 Å². The second-order valence-electron chi connectivity index (χ2n) is 4.39. The molecular weight excluding hydrogens is 318 g/mol. The highest BCUT2D eigenvalue weighted by molar-refractivity contribution is 6.32. The van der Waals surface area contributed by atoms with Gasteiger partial charge in [-0.05, 0) is 18.2 Å². The first-order chi connectivity index (χ1) is 11.2. The van der Waals surface area contributed by atoms with E-state index in [1.165, 1.54) is 19.3 Å². The zero-order valence-electron chi connectivity index (χ0n) is 12.5. The van der Waals surface area contributed by atoms with Crippen molar-refractivity contribution < 1.29 is 14.3 Å². The summed E-state index contributed by atoms with van der Waals surface area (Å²) >= 11 is 5.99. The number of halogens is 1. The molecule has 1 N–H and O–H groups in total. The third kappa shape index (κ3) is 5.60. The number of carbonyl (C=O) groups excluding carboxylic acids is 1. The number of para-hydroxylation sites is 1. The molecule has 0 amide bonds. The molecule has 0 spiro atoms. The maximum Gasteiger partial charge on any atom is 0.330 e. The Hall–Kier alpha value is -2.60. The van der Waals surface area contributed by atoms with Crippen LogP contribution in [0.15, 0.2) is 42.7 Å². The van der Waals surface area contributed by atoms with Crippen LogP contribution in [-0.4, -0.2) is 36.2 Å². The number of nitrogens with one attached hydrogen (secondary N) is 1. The van der Waals surface area contributed by atoms with Crippen LogP contribution in [0, 0.1) is 0 Å². The molecule has 7 heteroatoms. The van der Waals surface area contributed by atoms with Gasteiger partial charge in [-0.25, -0.2) is 9.78 Å². The van der Waals surface area contributed by atoms with Crippen LogP contribution in [0.1, 0.15) is 5.69 Å². The van der Waals surface area contributed by atoms with Crippen molar-refractivity contribution in [2.24, 2.45) is 0 Å². The van der Waals surface area contributed by atoms with Crippen molar-refractivity contribution in [2.45, 2.75) is 0 Å². The molecular formula is C16H16ClN3O3. The average Bonchev–Trinajstić information content (AvgIpc) is 2.59. The number of ether oxygens (including phenoxy) is 2. The minimum absolute atomic E-state index is 0.439. The predicted octanol–water partition coefficient (Wildman–Crippen LogP) is 2.81. The summed E-state index contributed by atoms with van der Waals surface area (Å²) < 4.78 is 10.1. The molecule has 1 aromatic carbocycles. The number of benzene rings is 1. The van der Waals surface area contributed by atoms with Gasteiger partial charge in [0, 0.05) is 6.08 Å². The van der Waals surface area contributed by atoms with Crippen LogP contribution >= 0.6 is 11.6 Å². The lowest BCUT2D eigenvalue weighted by molar-refractivity contribution is -0.134. The maximum absolute atomic E-state index is 11.0. The normalized spacial score (nSPS) is 10.5. The summed E-state index contributed by atoms with van der Waals surface area (Å²) in [6.45, 7) is 0.993. The molecule has 0 aliphatic carbocycles. The van der Waals surface area contributed by atoms with Gasteiger partial charge in [0.05, 0.1) is 36.8 Å². The highest BCUT2D eigenvalue weighted by Gasteiger charge is 2.00. The summed E-state index contributed by atoms with van der Waals surface area (Å²) in [4.78, 5) is 19.3. The first-order valence-electron chi connectivity index (χ1n) is 6.88. The quantitative estimate of drug-likeness (QED) is 0.477. The van der Waals surface area contributed by atoms with Crippen LogP contribution in [0.3, 0.4) is 0 Å². The van der Waals surface area contributed by atoms with E-state index in [-0.39, 0.29) is 0 Å². The van der Waals surface area contributed by atoms with Gasteiger partial charge < -0.3 is 14.8 Å². The van der Waals surface area contributed by atoms with Gasteiger partial charge in [0.1, 0.15) is 18.2 Å².